The van der Waals surface area contributed by atoms with Crippen molar-refractivity contribution in [1.29, 1.82) is 0 Å². The van der Waals surface area contributed by atoms with E-state index in [1.807, 2.05) is 0 Å². The average Bonchev–Trinajstić information content (AvgIpc) is 2.54. The Kier molecular flexibility index (Phi) is 5.41. The molecule has 142 valence electrons. The van der Waals surface area contributed by atoms with Gasteiger partial charge in [0.1, 0.15) is 0 Å². The van der Waals surface area contributed by atoms with Crippen LogP contribution in [0.3, 0.4) is 0 Å². The third kappa shape index (κ3) is 4.04. The number of anilines is 1. The third-order valence-electron chi connectivity index (χ3n) is 3.77. The van der Waals surface area contributed by atoms with Crippen molar-refractivity contribution in [2.75, 3.05) is 18.9 Å². The van der Waals surface area contributed by atoms with Crippen molar-refractivity contribution in [1.82, 2.24) is 0 Å². The zero-order valence-corrected chi connectivity index (χ0v) is 15.4. The van der Waals surface area contributed by atoms with Crippen LogP contribution in [0.2, 0.25) is 0 Å². The molecule has 0 saturated carbocycles. The highest BCUT2D eigenvalue weighted by Crippen LogP contribution is 2.35. The zero-order chi connectivity index (χ0) is 19.7. The smallest absolute Gasteiger partial charge is 0.416 e. The van der Waals surface area contributed by atoms with Gasteiger partial charge in [0.2, 0.25) is 0 Å². The van der Waals surface area contributed by atoms with Crippen molar-refractivity contribution in [2.45, 2.75) is 24.9 Å². The van der Waals surface area contributed by atoms with E-state index in [1.165, 1.54) is 45.4 Å². The molecule has 2 aromatic carbocycles. The van der Waals surface area contributed by atoms with Gasteiger partial charge in [-0.2, -0.15) is 13.2 Å². The van der Waals surface area contributed by atoms with Crippen LogP contribution in [0.1, 0.15) is 16.7 Å². The van der Waals surface area contributed by atoms with E-state index in [2.05, 4.69) is 4.72 Å². The monoisotopic (exact) mass is 389 g/mol. The summed E-state index contributed by atoms with van der Waals surface area (Å²) in [5, 5.41) is 0. The molecule has 0 fully saturated rings. The SMILES string of the molecule is COc1cc(C)c(S(=O)(=O)Nc2ccc(C)c(C(F)(F)F)c2)cc1OC. The topological polar surface area (TPSA) is 64.6 Å². The molecule has 2 rings (SSSR count). The second-order valence-corrected chi connectivity index (χ2v) is 7.26. The van der Waals surface area contributed by atoms with E-state index >= 15 is 0 Å². The summed E-state index contributed by atoms with van der Waals surface area (Å²) in [6, 6.07) is 5.99. The van der Waals surface area contributed by atoms with Crippen LogP contribution in [-0.2, 0) is 16.2 Å². The minimum atomic E-state index is -4.58. The molecule has 0 heterocycles. The Labute approximate surface area is 149 Å². The number of ether oxygens (including phenoxy) is 2. The third-order valence-corrected chi connectivity index (χ3v) is 5.29. The molecule has 0 radical (unpaired) electrons. The standard InChI is InChI=1S/C17H18F3NO4S/c1-10-5-6-12(8-13(10)17(18,19)20)21-26(22,23)16-9-15(25-4)14(24-3)7-11(16)2/h5-9,21H,1-4H3. The lowest BCUT2D eigenvalue weighted by Crippen LogP contribution is -2.16. The molecule has 0 amide bonds. The van der Waals surface area contributed by atoms with Gasteiger partial charge in [0.05, 0.1) is 24.7 Å². The summed E-state index contributed by atoms with van der Waals surface area (Å²) in [5.74, 6) is 0.539. The van der Waals surface area contributed by atoms with Gasteiger partial charge >= 0.3 is 6.18 Å². The highest BCUT2D eigenvalue weighted by atomic mass is 32.2. The fraction of sp³-hybridized carbons (Fsp3) is 0.294. The Morgan fingerprint density at radius 1 is 0.923 bits per heavy atom. The quantitative estimate of drug-likeness (QED) is 0.835. The van der Waals surface area contributed by atoms with E-state index in [0.29, 0.717) is 11.3 Å². The van der Waals surface area contributed by atoms with Gasteiger partial charge in [-0.1, -0.05) is 6.07 Å². The molecule has 0 bridgehead atoms. The second kappa shape index (κ2) is 7.06. The van der Waals surface area contributed by atoms with Crippen molar-refractivity contribution in [2.24, 2.45) is 0 Å². The van der Waals surface area contributed by atoms with E-state index in [1.54, 1.807) is 6.92 Å². The normalized spacial score (nSPS) is 12.0. The molecule has 9 heteroatoms. The molecule has 0 aromatic heterocycles. The predicted octanol–water partition coefficient (Wildman–Crippen LogP) is 4.14. The number of nitrogens with one attached hydrogen (secondary N) is 1. The fourth-order valence-corrected chi connectivity index (χ4v) is 3.74. The fourth-order valence-electron chi connectivity index (χ4n) is 2.45. The Bertz CT molecular complexity index is 924. The first-order valence-electron chi connectivity index (χ1n) is 7.43. The predicted molar refractivity (Wildman–Crippen MR) is 91.3 cm³/mol. The molecular weight excluding hydrogens is 371 g/mol. The summed E-state index contributed by atoms with van der Waals surface area (Å²) in [6.45, 7) is 2.85. The Hall–Kier alpha value is -2.42. The molecule has 0 aliphatic rings. The molecule has 2 aromatic rings. The summed E-state index contributed by atoms with van der Waals surface area (Å²) >= 11 is 0. The van der Waals surface area contributed by atoms with Crippen molar-refractivity contribution in [3.8, 4) is 11.5 Å². The summed E-state index contributed by atoms with van der Waals surface area (Å²) in [4.78, 5) is -0.121. The second-order valence-electron chi connectivity index (χ2n) is 5.61. The van der Waals surface area contributed by atoms with Gasteiger partial charge in [0.25, 0.3) is 10.0 Å². The van der Waals surface area contributed by atoms with Gasteiger partial charge in [-0.05, 0) is 43.2 Å². The number of aryl methyl sites for hydroxylation is 2. The van der Waals surface area contributed by atoms with Gasteiger partial charge in [-0.15, -0.1) is 0 Å². The van der Waals surface area contributed by atoms with Crippen LogP contribution in [0.5, 0.6) is 11.5 Å². The van der Waals surface area contributed by atoms with Crippen LogP contribution < -0.4 is 14.2 Å². The van der Waals surface area contributed by atoms with Crippen molar-refractivity contribution < 1.29 is 31.1 Å². The summed E-state index contributed by atoms with van der Waals surface area (Å²) in [5.41, 5.74) is -0.722. The molecule has 0 saturated heterocycles. The molecule has 1 N–H and O–H groups in total. The zero-order valence-electron chi connectivity index (χ0n) is 14.6. The lowest BCUT2D eigenvalue weighted by atomic mass is 10.1. The van der Waals surface area contributed by atoms with Gasteiger partial charge in [0, 0.05) is 11.8 Å². The molecule has 0 aliphatic carbocycles. The molecule has 0 aliphatic heterocycles. The van der Waals surface area contributed by atoms with Crippen molar-refractivity contribution in [3.05, 3.63) is 47.0 Å². The number of benzene rings is 2. The number of hydrogen-bond acceptors (Lipinski definition) is 4. The first-order chi connectivity index (χ1) is 12.0. The number of rotatable bonds is 5. The van der Waals surface area contributed by atoms with E-state index < -0.39 is 21.8 Å². The minimum Gasteiger partial charge on any atom is -0.493 e. The number of hydrogen-bond donors (Lipinski definition) is 1. The summed E-state index contributed by atoms with van der Waals surface area (Å²) < 4.78 is 76.7. The maximum Gasteiger partial charge on any atom is 0.416 e. The molecule has 5 nitrogen and oxygen atoms in total. The van der Waals surface area contributed by atoms with Crippen LogP contribution in [0.4, 0.5) is 18.9 Å². The van der Waals surface area contributed by atoms with Crippen LogP contribution >= 0.6 is 0 Å². The molecule has 0 spiro atoms. The lowest BCUT2D eigenvalue weighted by Gasteiger charge is -2.16. The van der Waals surface area contributed by atoms with Gasteiger partial charge in [-0.3, -0.25) is 4.72 Å². The molecule has 26 heavy (non-hydrogen) atoms. The number of halogens is 3. The van der Waals surface area contributed by atoms with Crippen LogP contribution in [0, 0.1) is 13.8 Å². The van der Waals surface area contributed by atoms with E-state index in [-0.39, 0.29) is 21.9 Å². The van der Waals surface area contributed by atoms with Crippen LogP contribution in [0.25, 0.3) is 0 Å². The molecule has 0 atom stereocenters. The minimum absolute atomic E-state index is 0.00254. The van der Waals surface area contributed by atoms with E-state index in [9.17, 15) is 21.6 Å². The molecular formula is C17H18F3NO4S. The highest BCUT2D eigenvalue weighted by molar-refractivity contribution is 7.92. The summed E-state index contributed by atoms with van der Waals surface area (Å²) in [6.07, 6.45) is -4.58. The van der Waals surface area contributed by atoms with Gasteiger partial charge in [0.15, 0.2) is 11.5 Å². The number of methoxy groups -OCH3 is 2. The summed E-state index contributed by atoms with van der Waals surface area (Å²) in [7, 11) is -1.36. The van der Waals surface area contributed by atoms with Crippen LogP contribution in [-0.4, -0.2) is 22.6 Å². The number of sulfonamides is 1. The Balaban J connectivity index is 2.47. The Morgan fingerprint density at radius 3 is 2.04 bits per heavy atom. The first-order valence-corrected chi connectivity index (χ1v) is 8.91. The maximum atomic E-state index is 13.0. The van der Waals surface area contributed by atoms with Gasteiger partial charge < -0.3 is 9.47 Å². The number of alkyl halides is 3. The van der Waals surface area contributed by atoms with Gasteiger partial charge in [-0.25, -0.2) is 8.42 Å². The molecule has 0 unspecified atom stereocenters. The average molecular weight is 389 g/mol. The largest absolute Gasteiger partial charge is 0.493 e. The first kappa shape index (κ1) is 19.9. The van der Waals surface area contributed by atoms with Crippen molar-refractivity contribution in [3.63, 3.8) is 0 Å². The Morgan fingerprint density at radius 2 is 1.50 bits per heavy atom. The maximum absolute atomic E-state index is 13.0. The van der Waals surface area contributed by atoms with Crippen LogP contribution in [0.15, 0.2) is 35.2 Å². The van der Waals surface area contributed by atoms with E-state index in [4.69, 9.17) is 9.47 Å². The van der Waals surface area contributed by atoms with E-state index in [0.717, 1.165) is 6.07 Å². The highest BCUT2D eigenvalue weighted by Gasteiger charge is 2.33. The van der Waals surface area contributed by atoms with Crippen molar-refractivity contribution >= 4 is 15.7 Å². The lowest BCUT2D eigenvalue weighted by molar-refractivity contribution is -0.138.